The van der Waals surface area contributed by atoms with Gasteiger partial charge in [0.2, 0.25) is 0 Å². The van der Waals surface area contributed by atoms with E-state index < -0.39 is 0 Å². The van der Waals surface area contributed by atoms with Gasteiger partial charge in [0.25, 0.3) is 0 Å². The van der Waals surface area contributed by atoms with E-state index in [2.05, 4.69) is 258 Å². The summed E-state index contributed by atoms with van der Waals surface area (Å²) >= 11 is 0. The van der Waals surface area contributed by atoms with Crippen molar-refractivity contribution in [3.05, 3.63) is 58.7 Å². The monoisotopic (exact) mass is 1040 g/mol. The summed E-state index contributed by atoms with van der Waals surface area (Å²) < 4.78 is 0. The normalized spacial score (nSPS) is 14.2. The minimum absolute atomic E-state index is 0.423. The zero-order valence-electron chi connectivity index (χ0n) is 56.6. The zero-order chi connectivity index (χ0) is 58.2. The Kier molecular flexibility index (Phi) is 23.7. The topological polar surface area (TPSA) is 0 Å². The summed E-state index contributed by atoms with van der Waals surface area (Å²) in [4.78, 5) is 0. The number of hydrogen-bond acceptors (Lipinski definition) is 0. The molecular weight excluding hydrogens is 913 g/mol. The van der Waals surface area contributed by atoms with Crippen LogP contribution in [0.4, 0.5) is 0 Å². The largest absolute Gasteiger partial charge is 0.0625 e. The summed E-state index contributed by atoms with van der Waals surface area (Å²) in [6, 6.07) is 16.8. The molecule has 0 aromatic heterocycles. The second-order valence-corrected chi connectivity index (χ2v) is 31.8. The highest BCUT2D eigenvalue weighted by molar-refractivity contribution is 6.25. The molecule has 0 aliphatic rings. The molecule has 0 atom stereocenters. The third-order valence-corrected chi connectivity index (χ3v) is 21.1. The van der Waals surface area contributed by atoms with Crippen LogP contribution in [-0.2, 0) is 0 Å². The van der Waals surface area contributed by atoms with Crippen molar-refractivity contribution in [1.29, 1.82) is 0 Å². The Morgan fingerprint density at radius 3 is 0.368 bits per heavy atom. The summed E-state index contributed by atoms with van der Waals surface area (Å²) in [6.45, 7) is 82.0. The fourth-order valence-electron chi connectivity index (χ4n) is 19.7. The van der Waals surface area contributed by atoms with Gasteiger partial charge in [0.15, 0.2) is 0 Å². The molecule has 76 heavy (non-hydrogen) atoms. The van der Waals surface area contributed by atoms with E-state index in [1.165, 1.54) is 0 Å². The lowest BCUT2D eigenvalue weighted by Crippen LogP contribution is -2.36. The summed E-state index contributed by atoms with van der Waals surface area (Å²) in [5.74, 6) is 15.0. The Morgan fingerprint density at radius 1 is 0.171 bits per heavy atom. The van der Waals surface area contributed by atoms with Gasteiger partial charge in [-0.25, -0.2) is 0 Å². The van der Waals surface area contributed by atoms with Gasteiger partial charge in [0, 0.05) is 0 Å². The predicted molar refractivity (Wildman–Crippen MR) is 346 cm³/mol. The first-order valence-corrected chi connectivity index (χ1v) is 32.9. The van der Waals surface area contributed by atoms with Gasteiger partial charge >= 0.3 is 0 Å². The van der Waals surface area contributed by atoms with Crippen LogP contribution in [-0.4, -0.2) is 0 Å². The first kappa shape index (κ1) is 66.4. The first-order chi connectivity index (χ1) is 35.1. The number of rotatable bonds is 28. The summed E-state index contributed by atoms with van der Waals surface area (Å²) in [7, 11) is 0. The van der Waals surface area contributed by atoms with Crippen LogP contribution < -0.4 is 0 Å². The molecule has 0 amide bonds. The van der Waals surface area contributed by atoms with Gasteiger partial charge < -0.3 is 0 Å². The Balaban J connectivity index is 2.74. The number of hydrogen-bond donors (Lipinski definition) is 0. The van der Waals surface area contributed by atoms with Crippen LogP contribution in [0, 0.1) is 142 Å². The van der Waals surface area contributed by atoms with Crippen molar-refractivity contribution in [2.75, 3.05) is 0 Å². The van der Waals surface area contributed by atoms with Gasteiger partial charge in [0.1, 0.15) is 0 Å². The molecule has 0 unspecified atom stereocenters. The van der Waals surface area contributed by atoms with Crippen LogP contribution in [0.5, 0.6) is 0 Å². The average Bonchev–Trinajstić information content (AvgIpc) is 3.24. The quantitative estimate of drug-likeness (QED) is 0.0497. The van der Waals surface area contributed by atoms with Crippen molar-refractivity contribution in [1.82, 2.24) is 0 Å². The molecule has 4 aromatic rings. The molecular formula is C76H130. The van der Waals surface area contributed by atoms with Crippen LogP contribution in [0.15, 0.2) is 36.4 Å². The molecule has 0 spiro atoms. The van der Waals surface area contributed by atoms with Crippen LogP contribution in [0.2, 0.25) is 0 Å². The average molecular weight is 1040 g/mol. The maximum Gasteiger partial charge on any atom is -0.00208 e. The molecule has 0 saturated heterocycles. The summed E-state index contributed by atoms with van der Waals surface area (Å²) in [5.41, 5.74) is 6.70. The predicted octanol–water partition coefficient (Wildman–Crippen LogP) is 24.3. The molecule has 0 heteroatoms. The Hall–Kier alpha value is -2.08. The van der Waals surface area contributed by atoms with E-state index in [4.69, 9.17) is 0 Å². The smallest absolute Gasteiger partial charge is 0.00208 e. The Labute approximate surface area is 475 Å². The molecule has 4 rings (SSSR count). The van der Waals surface area contributed by atoms with E-state index in [9.17, 15) is 0 Å². The highest BCUT2D eigenvalue weighted by Crippen LogP contribution is 2.58. The van der Waals surface area contributed by atoms with Crippen molar-refractivity contribution < 1.29 is 0 Å². The van der Waals surface area contributed by atoms with Crippen molar-refractivity contribution >= 4 is 32.3 Å². The third-order valence-electron chi connectivity index (χ3n) is 21.1. The van der Waals surface area contributed by atoms with E-state index in [-0.39, 0.29) is 0 Å². The second-order valence-electron chi connectivity index (χ2n) is 31.8. The second kappa shape index (κ2) is 27.1. The Bertz CT molecular complexity index is 1880. The van der Waals surface area contributed by atoms with E-state index >= 15 is 0 Å². The highest BCUT2D eigenvalue weighted by Gasteiger charge is 2.46. The minimum atomic E-state index is 0.423. The maximum atomic E-state index is 2.94. The molecule has 0 heterocycles. The molecule has 0 bridgehead atoms. The van der Waals surface area contributed by atoms with Gasteiger partial charge in [-0.3, -0.25) is 0 Å². The van der Waals surface area contributed by atoms with Gasteiger partial charge in [-0.05, 0) is 220 Å². The lowest BCUT2D eigenvalue weighted by molar-refractivity contribution is 0.123. The molecule has 0 N–H and O–H groups in total. The van der Waals surface area contributed by atoms with Gasteiger partial charge in [0.05, 0.1) is 0 Å². The summed E-state index contributed by atoms with van der Waals surface area (Å²) in [5, 5.41) is 9.47. The minimum Gasteiger partial charge on any atom is -0.0625 e. The number of benzene rings is 4. The van der Waals surface area contributed by atoms with Crippen LogP contribution in [0.25, 0.3) is 32.3 Å². The fraction of sp³-hybridized carbons (Fsp3) is 0.789. The summed E-state index contributed by atoms with van der Waals surface area (Å²) in [6.07, 6.45) is 0. The van der Waals surface area contributed by atoms with E-state index in [0.29, 0.717) is 166 Å². The molecule has 0 radical (unpaired) electrons. The Morgan fingerprint density at radius 2 is 0.276 bits per heavy atom. The molecule has 434 valence electrons. The molecule has 0 saturated carbocycles. The van der Waals surface area contributed by atoms with Crippen molar-refractivity contribution in [3.63, 3.8) is 0 Å². The zero-order valence-corrected chi connectivity index (χ0v) is 56.6. The van der Waals surface area contributed by atoms with E-state index in [1.807, 2.05) is 0 Å². The van der Waals surface area contributed by atoms with Crippen molar-refractivity contribution in [2.24, 2.45) is 142 Å². The standard InChI is InChI=1S/C76H130/c1-39(2)63(40(3)4)73(64(41(5)6)42(7)8)59-37-60(74(65(43(9)10)44(11)12)66(45(13)14)46(15)16)56-35-36-58-62(76(69(51(25)26)52(27)28)70(53(29)30)54(31)32)38-61(57-34-33-55(59)71(56)72(57)58)75(67(47(17)18)48(19)20)68(49(21)22)50(23)24/h33-54,63-70,73-76H,1-32H3. The lowest BCUT2D eigenvalue weighted by Gasteiger charge is -2.46. The first-order valence-electron chi connectivity index (χ1n) is 32.9. The lowest BCUT2D eigenvalue weighted by atomic mass is 9.58. The molecule has 0 fully saturated rings. The van der Waals surface area contributed by atoms with Crippen molar-refractivity contribution in [3.8, 4) is 0 Å². The van der Waals surface area contributed by atoms with Crippen LogP contribution in [0.1, 0.15) is 267 Å². The molecule has 0 aliphatic carbocycles. The SMILES string of the molecule is CC(C)C(C(C)C)C(c1cc(C(C(C(C)C)C(C)C)C(C(C)C)C(C)C)c2ccc3c(C(C(C(C)C)C(C)C)C(C(C)C)C(C)C)cc(C(C(C(C)C)C(C)C)C(C(C)C)C(C)C)c4ccc1c2c43)C(C(C)C)C(C)C. The van der Waals surface area contributed by atoms with Gasteiger partial charge in [-0.1, -0.05) is 258 Å². The molecule has 4 aromatic carbocycles. The van der Waals surface area contributed by atoms with Gasteiger partial charge in [-0.2, -0.15) is 0 Å². The third kappa shape index (κ3) is 13.5. The van der Waals surface area contributed by atoms with Crippen molar-refractivity contribution in [2.45, 2.75) is 245 Å². The van der Waals surface area contributed by atoms with Gasteiger partial charge in [-0.15, -0.1) is 0 Å². The van der Waals surface area contributed by atoms with Crippen LogP contribution in [0.3, 0.4) is 0 Å². The highest BCUT2D eigenvalue weighted by atomic mass is 14.5. The molecule has 0 nitrogen and oxygen atoms in total. The fourth-order valence-corrected chi connectivity index (χ4v) is 19.7. The van der Waals surface area contributed by atoms with Crippen LogP contribution >= 0.6 is 0 Å². The van der Waals surface area contributed by atoms with E-state index in [0.717, 1.165) is 0 Å². The van der Waals surface area contributed by atoms with E-state index in [1.54, 1.807) is 54.6 Å². The molecule has 0 aliphatic heterocycles. The maximum absolute atomic E-state index is 2.94.